The van der Waals surface area contributed by atoms with Gasteiger partial charge in [0.2, 0.25) is 11.8 Å². The number of hydrogen-bond acceptors (Lipinski definition) is 5. The lowest BCUT2D eigenvalue weighted by Crippen LogP contribution is -2.51. The third-order valence-electron chi connectivity index (χ3n) is 5.75. The van der Waals surface area contributed by atoms with Crippen molar-refractivity contribution in [2.24, 2.45) is 0 Å². The van der Waals surface area contributed by atoms with Gasteiger partial charge < -0.3 is 15.0 Å². The molecule has 0 aliphatic carbocycles. The van der Waals surface area contributed by atoms with Gasteiger partial charge in [-0.3, -0.25) is 13.9 Å². The highest BCUT2D eigenvalue weighted by Gasteiger charge is 2.32. The zero-order valence-electron chi connectivity index (χ0n) is 20.9. The van der Waals surface area contributed by atoms with Crippen LogP contribution in [0.5, 0.6) is 5.75 Å². The van der Waals surface area contributed by atoms with Crippen LogP contribution in [0.15, 0.2) is 83.8 Å². The summed E-state index contributed by atoms with van der Waals surface area (Å²) in [6, 6.07) is 18.8. The summed E-state index contributed by atoms with van der Waals surface area (Å²) in [5.41, 5.74) is 0.884. The zero-order chi connectivity index (χ0) is 27.0. The molecule has 0 aliphatic heterocycles. The number of para-hydroxylation sites is 1. The van der Waals surface area contributed by atoms with Crippen molar-refractivity contribution >= 4 is 27.5 Å². The lowest BCUT2D eigenvalue weighted by atomic mass is 10.1. The number of halogens is 1. The number of carbonyl (C=O) groups is 2. The Morgan fingerprint density at radius 3 is 2.16 bits per heavy atom. The molecule has 3 rings (SSSR count). The van der Waals surface area contributed by atoms with Gasteiger partial charge in [-0.1, -0.05) is 30.3 Å². The molecule has 0 unspecified atom stereocenters. The molecule has 0 aliphatic rings. The molecule has 3 aromatic carbocycles. The number of carbonyl (C=O) groups excluding carboxylic acids is 2. The van der Waals surface area contributed by atoms with Crippen LogP contribution >= 0.6 is 0 Å². The van der Waals surface area contributed by atoms with E-state index in [4.69, 9.17) is 4.74 Å². The largest absolute Gasteiger partial charge is 0.497 e. The van der Waals surface area contributed by atoms with Gasteiger partial charge in [0, 0.05) is 13.1 Å². The Labute approximate surface area is 216 Å². The van der Waals surface area contributed by atoms with E-state index in [1.165, 1.54) is 60.5 Å². The Morgan fingerprint density at radius 1 is 0.973 bits per heavy atom. The number of methoxy groups -OCH3 is 1. The van der Waals surface area contributed by atoms with Crippen LogP contribution in [0.4, 0.5) is 10.1 Å². The minimum Gasteiger partial charge on any atom is -0.497 e. The van der Waals surface area contributed by atoms with E-state index in [1.54, 1.807) is 44.2 Å². The van der Waals surface area contributed by atoms with Crippen molar-refractivity contribution in [1.29, 1.82) is 0 Å². The van der Waals surface area contributed by atoms with E-state index >= 15 is 0 Å². The van der Waals surface area contributed by atoms with Crippen LogP contribution < -0.4 is 14.4 Å². The third-order valence-corrected chi connectivity index (χ3v) is 7.54. The minimum atomic E-state index is -4.16. The van der Waals surface area contributed by atoms with Crippen LogP contribution in [0.3, 0.4) is 0 Å². The molecular weight excluding hydrogens is 497 g/mol. The topological polar surface area (TPSA) is 96.0 Å². The van der Waals surface area contributed by atoms with Crippen molar-refractivity contribution in [1.82, 2.24) is 10.2 Å². The summed E-state index contributed by atoms with van der Waals surface area (Å²) in [4.78, 5) is 27.6. The fraction of sp³-hybridized carbons (Fsp3) is 0.259. The van der Waals surface area contributed by atoms with E-state index < -0.39 is 34.3 Å². The molecule has 10 heteroatoms. The summed E-state index contributed by atoms with van der Waals surface area (Å²) in [5.74, 6) is -0.923. The highest BCUT2D eigenvalue weighted by molar-refractivity contribution is 7.92. The molecule has 0 saturated heterocycles. The standard InChI is InChI=1S/C27H30FN3O5S/c1-4-29-27(33)20(2)30(18-21-10-12-22(28)13-11-21)26(32)19-31(23-8-6-5-7-9-23)37(34,35)25-16-14-24(36-3)15-17-25/h5-17,20H,4,18-19H2,1-3H3,(H,29,33)/t20-/m1/s1. The smallest absolute Gasteiger partial charge is 0.264 e. The molecule has 2 amide bonds. The lowest BCUT2D eigenvalue weighted by molar-refractivity contribution is -0.139. The monoisotopic (exact) mass is 527 g/mol. The first-order chi connectivity index (χ1) is 17.7. The van der Waals surface area contributed by atoms with Crippen molar-refractivity contribution in [2.75, 3.05) is 24.5 Å². The van der Waals surface area contributed by atoms with Crippen LogP contribution in [0.2, 0.25) is 0 Å². The van der Waals surface area contributed by atoms with Crippen LogP contribution in [0.1, 0.15) is 19.4 Å². The maximum atomic E-state index is 13.7. The van der Waals surface area contributed by atoms with Gasteiger partial charge in [0.25, 0.3) is 10.0 Å². The Balaban J connectivity index is 1.99. The SMILES string of the molecule is CCNC(=O)[C@@H](C)N(Cc1ccc(F)cc1)C(=O)CN(c1ccccc1)S(=O)(=O)c1ccc(OC)cc1. The molecule has 0 fully saturated rings. The first-order valence-corrected chi connectivity index (χ1v) is 13.1. The zero-order valence-corrected chi connectivity index (χ0v) is 21.7. The lowest BCUT2D eigenvalue weighted by Gasteiger charge is -2.32. The van der Waals surface area contributed by atoms with Gasteiger partial charge in [0.15, 0.2) is 0 Å². The highest BCUT2D eigenvalue weighted by atomic mass is 32.2. The second kappa shape index (κ2) is 12.4. The van der Waals surface area contributed by atoms with Gasteiger partial charge in [0.1, 0.15) is 24.2 Å². The van der Waals surface area contributed by atoms with Gasteiger partial charge >= 0.3 is 0 Å². The predicted octanol–water partition coefficient (Wildman–Crippen LogP) is 3.58. The molecule has 0 heterocycles. The normalized spacial score (nSPS) is 11.9. The van der Waals surface area contributed by atoms with Crippen LogP contribution in [0, 0.1) is 5.82 Å². The van der Waals surface area contributed by atoms with Crippen molar-refractivity contribution in [2.45, 2.75) is 31.3 Å². The number of amides is 2. The average molecular weight is 528 g/mol. The molecule has 0 aromatic heterocycles. The molecule has 37 heavy (non-hydrogen) atoms. The highest BCUT2D eigenvalue weighted by Crippen LogP contribution is 2.25. The third kappa shape index (κ3) is 6.85. The molecule has 3 aromatic rings. The maximum absolute atomic E-state index is 13.7. The number of benzene rings is 3. The maximum Gasteiger partial charge on any atom is 0.264 e. The van der Waals surface area contributed by atoms with Crippen molar-refractivity contribution < 1.29 is 27.1 Å². The van der Waals surface area contributed by atoms with E-state index in [0.29, 0.717) is 23.5 Å². The van der Waals surface area contributed by atoms with E-state index in [-0.39, 0.29) is 17.3 Å². The van der Waals surface area contributed by atoms with Gasteiger partial charge in [0.05, 0.1) is 17.7 Å². The molecule has 0 spiro atoms. The summed E-state index contributed by atoms with van der Waals surface area (Å²) in [6.07, 6.45) is 0. The molecule has 0 bridgehead atoms. The van der Waals surface area contributed by atoms with Crippen molar-refractivity contribution in [3.8, 4) is 5.75 Å². The van der Waals surface area contributed by atoms with Crippen LogP contribution in [0.25, 0.3) is 0 Å². The van der Waals surface area contributed by atoms with Gasteiger partial charge in [-0.2, -0.15) is 0 Å². The fourth-order valence-corrected chi connectivity index (χ4v) is 5.10. The predicted molar refractivity (Wildman–Crippen MR) is 139 cm³/mol. The number of ether oxygens (including phenoxy) is 1. The molecule has 0 radical (unpaired) electrons. The van der Waals surface area contributed by atoms with Gasteiger partial charge in [-0.25, -0.2) is 12.8 Å². The molecule has 1 N–H and O–H groups in total. The summed E-state index contributed by atoms with van der Waals surface area (Å²) in [7, 11) is -2.69. The Morgan fingerprint density at radius 2 is 1.59 bits per heavy atom. The Bertz CT molecular complexity index is 1300. The van der Waals surface area contributed by atoms with E-state index in [2.05, 4.69) is 5.32 Å². The van der Waals surface area contributed by atoms with E-state index in [0.717, 1.165) is 4.31 Å². The molecular formula is C27H30FN3O5S. The van der Waals surface area contributed by atoms with Gasteiger partial charge in [-0.15, -0.1) is 0 Å². The molecule has 0 saturated carbocycles. The minimum absolute atomic E-state index is 0.0113. The molecule has 196 valence electrons. The first kappa shape index (κ1) is 27.7. The van der Waals surface area contributed by atoms with E-state index in [9.17, 15) is 22.4 Å². The number of hydrogen-bond donors (Lipinski definition) is 1. The Hall–Kier alpha value is -3.92. The second-order valence-electron chi connectivity index (χ2n) is 8.24. The number of sulfonamides is 1. The number of nitrogens with one attached hydrogen (secondary N) is 1. The number of anilines is 1. The quantitative estimate of drug-likeness (QED) is 0.411. The fourth-order valence-electron chi connectivity index (χ4n) is 3.69. The van der Waals surface area contributed by atoms with Crippen molar-refractivity contribution in [3.63, 3.8) is 0 Å². The first-order valence-electron chi connectivity index (χ1n) is 11.7. The van der Waals surface area contributed by atoms with Crippen molar-refractivity contribution in [3.05, 3.63) is 90.2 Å². The second-order valence-corrected chi connectivity index (χ2v) is 10.1. The summed E-state index contributed by atoms with van der Waals surface area (Å²) < 4.78 is 47.0. The number of rotatable bonds is 11. The number of likely N-dealkylation sites (N-methyl/N-ethyl adjacent to an activating group) is 1. The summed E-state index contributed by atoms with van der Waals surface area (Å²) in [6.45, 7) is 3.13. The summed E-state index contributed by atoms with van der Waals surface area (Å²) >= 11 is 0. The van der Waals surface area contributed by atoms with E-state index in [1.807, 2.05) is 0 Å². The average Bonchev–Trinajstić information content (AvgIpc) is 2.91. The number of nitrogens with zero attached hydrogens (tertiary/aromatic N) is 2. The Kier molecular flexibility index (Phi) is 9.24. The van der Waals surface area contributed by atoms with Crippen LogP contribution in [-0.4, -0.2) is 51.4 Å². The van der Waals surface area contributed by atoms with Gasteiger partial charge in [-0.05, 0) is 67.9 Å². The molecule has 1 atom stereocenters. The molecule has 8 nitrogen and oxygen atoms in total. The van der Waals surface area contributed by atoms with Crippen LogP contribution in [-0.2, 0) is 26.2 Å². The summed E-state index contributed by atoms with van der Waals surface area (Å²) in [5, 5.41) is 2.69.